The zero-order valence-corrected chi connectivity index (χ0v) is 15.2. The van der Waals surface area contributed by atoms with Gasteiger partial charge in [0.2, 0.25) is 5.91 Å². The van der Waals surface area contributed by atoms with E-state index in [9.17, 15) is 14.7 Å². The highest BCUT2D eigenvalue weighted by molar-refractivity contribution is 5.85. The summed E-state index contributed by atoms with van der Waals surface area (Å²) in [6, 6.07) is 16.8. The third kappa shape index (κ3) is 4.37. The lowest BCUT2D eigenvalue weighted by molar-refractivity contribution is -0.147. The van der Waals surface area contributed by atoms with Crippen LogP contribution < -0.4 is 10.1 Å². The molecule has 1 aliphatic rings. The van der Waals surface area contributed by atoms with E-state index in [1.165, 1.54) is 0 Å². The van der Waals surface area contributed by atoms with E-state index in [1.807, 2.05) is 66.7 Å². The number of carboxylic acid groups (broad SMARTS) is 1. The number of methoxy groups -OCH3 is 1. The average molecular weight is 365 g/mol. The Kier molecular flexibility index (Phi) is 5.91. The second-order valence-electron chi connectivity index (χ2n) is 6.62. The Hall–Kier alpha value is -3.08. The predicted molar refractivity (Wildman–Crippen MR) is 102 cm³/mol. The third-order valence-corrected chi connectivity index (χ3v) is 4.96. The topological polar surface area (TPSA) is 75.6 Å². The molecule has 27 heavy (non-hydrogen) atoms. The summed E-state index contributed by atoms with van der Waals surface area (Å²) in [6.07, 6.45) is 4.54. The highest BCUT2D eigenvalue weighted by Gasteiger charge is 2.35. The molecular formula is C22H23NO4. The van der Waals surface area contributed by atoms with Gasteiger partial charge in [-0.1, -0.05) is 54.6 Å². The fourth-order valence-electron chi connectivity index (χ4n) is 3.43. The molecule has 0 fully saturated rings. The number of carbonyl (C=O) groups excluding carboxylic acids is 1. The second-order valence-corrected chi connectivity index (χ2v) is 6.62. The van der Waals surface area contributed by atoms with Crippen molar-refractivity contribution < 1.29 is 19.4 Å². The molecule has 2 N–H and O–H groups in total. The maximum absolute atomic E-state index is 13.0. The second kappa shape index (κ2) is 8.54. The van der Waals surface area contributed by atoms with E-state index in [0.717, 1.165) is 16.9 Å². The maximum Gasteiger partial charge on any atom is 0.307 e. The summed E-state index contributed by atoms with van der Waals surface area (Å²) in [5.41, 5.74) is 1.85. The fraction of sp³-hybridized carbons (Fsp3) is 0.273. The molecule has 1 amide bonds. The van der Waals surface area contributed by atoms with Gasteiger partial charge in [0.1, 0.15) is 5.75 Å². The molecule has 5 heteroatoms. The summed E-state index contributed by atoms with van der Waals surface area (Å²) < 4.78 is 5.21. The minimum atomic E-state index is -0.930. The quantitative estimate of drug-likeness (QED) is 0.768. The number of nitrogens with one attached hydrogen (secondary N) is 1. The first kappa shape index (κ1) is 18.7. The predicted octanol–water partition coefficient (Wildman–Crippen LogP) is 3.57. The van der Waals surface area contributed by atoms with Gasteiger partial charge >= 0.3 is 5.97 Å². The molecule has 0 bridgehead atoms. The lowest BCUT2D eigenvalue weighted by Crippen LogP contribution is -2.40. The highest BCUT2D eigenvalue weighted by Crippen LogP contribution is 2.29. The van der Waals surface area contributed by atoms with E-state index >= 15 is 0 Å². The molecule has 1 aliphatic carbocycles. The molecule has 0 aromatic heterocycles. The summed E-state index contributed by atoms with van der Waals surface area (Å²) in [5, 5.41) is 12.5. The Balaban J connectivity index is 1.88. The molecule has 0 saturated heterocycles. The van der Waals surface area contributed by atoms with Crippen LogP contribution in [0, 0.1) is 11.8 Å². The molecule has 3 atom stereocenters. The Bertz CT molecular complexity index is 814. The van der Waals surface area contributed by atoms with Crippen LogP contribution >= 0.6 is 0 Å². The number of benzene rings is 2. The molecule has 3 rings (SSSR count). The molecule has 0 saturated carbocycles. The number of carbonyl (C=O) groups is 2. The lowest BCUT2D eigenvalue weighted by atomic mass is 9.82. The summed E-state index contributed by atoms with van der Waals surface area (Å²) >= 11 is 0. The van der Waals surface area contributed by atoms with Crippen LogP contribution in [0.4, 0.5) is 0 Å². The van der Waals surface area contributed by atoms with Crippen molar-refractivity contribution in [3.63, 3.8) is 0 Å². The average Bonchev–Trinajstić information content (AvgIpc) is 2.72. The van der Waals surface area contributed by atoms with Gasteiger partial charge in [-0.25, -0.2) is 0 Å². The van der Waals surface area contributed by atoms with Crippen LogP contribution in [-0.4, -0.2) is 24.1 Å². The fourth-order valence-corrected chi connectivity index (χ4v) is 3.43. The first-order valence-electron chi connectivity index (χ1n) is 8.97. The number of hydrogen-bond donors (Lipinski definition) is 2. The van der Waals surface area contributed by atoms with Gasteiger partial charge in [0.05, 0.1) is 25.0 Å². The number of ether oxygens (including phenoxy) is 1. The highest BCUT2D eigenvalue weighted by atomic mass is 16.5. The van der Waals surface area contributed by atoms with Crippen molar-refractivity contribution in [3.8, 4) is 5.75 Å². The molecule has 2 aromatic rings. The van der Waals surface area contributed by atoms with E-state index < -0.39 is 17.8 Å². The van der Waals surface area contributed by atoms with Crippen LogP contribution in [0.1, 0.15) is 30.0 Å². The van der Waals surface area contributed by atoms with Crippen molar-refractivity contribution in [1.29, 1.82) is 0 Å². The lowest BCUT2D eigenvalue weighted by Gasteiger charge is -2.27. The number of amides is 1. The van der Waals surface area contributed by atoms with E-state index in [0.29, 0.717) is 12.8 Å². The van der Waals surface area contributed by atoms with E-state index in [2.05, 4.69) is 5.32 Å². The standard InChI is InChI=1S/C22H23NO4/c1-27-17-13-11-16(12-14-17)20(15-7-3-2-4-8-15)23-21(24)18-9-5-6-10-19(18)22(25)26/h2-8,11-14,18-20H,9-10H2,1H3,(H,23,24)(H,25,26)/t18-,19-,20-/m1/s1. The summed E-state index contributed by atoms with van der Waals surface area (Å²) in [7, 11) is 1.61. The van der Waals surface area contributed by atoms with Gasteiger partial charge in [-0.2, -0.15) is 0 Å². The molecule has 0 heterocycles. The van der Waals surface area contributed by atoms with Crippen molar-refractivity contribution in [1.82, 2.24) is 5.32 Å². The van der Waals surface area contributed by atoms with Crippen molar-refractivity contribution in [2.75, 3.05) is 7.11 Å². The molecule has 0 aliphatic heterocycles. The molecule has 140 valence electrons. The van der Waals surface area contributed by atoms with Gasteiger partial charge in [0, 0.05) is 0 Å². The van der Waals surface area contributed by atoms with Crippen molar-refractivity contribution in [3.05, 3.63) is 77.9 Å². The number of aliphatic carboxylic acids is 1. The molecule has 0 radical (unpaired) electrons. The van der Waals surface area contributed by atoms with Gasteiger partial charge in [0.15, 0.2) is 0 Å². The van der Waals surface area contributed by atoms with Crippen LogP contribution in [0.25, 0.3) is 0 Å². The van der Waals surface area contributed by atoms with Gasteiger partial charge in [-0.3, -0.25) is 9.59 Å². The summed E-state index contributed by atoms with van der Waals surface area (Å²) in [5.74, 6) is -1.70. The smallest absolute Gasteiger partial charge is 0.307 e. The van der Waals surface area contributed by atoms with Crippen molar-refractivity contribution in [2.45, 2.75) is 18.9 Å². The minimum Gasteiger partial charge on any atom is -0.497 e. The SMILES string of the molecule is COc1ccc([C@H](NC(=O)[C@@H]2CC=CC[C@H]2C(=O)O)c2ccccc2)cc1. The van der Waals surface area contributed by atoms with Crippen LogP contribution in [0.15, 0.2) is 66.7 Å². The van der Waals surface area contributed by atoms with E-state index in [1.54, 1.807) is 7.11 Å². The molecule has 5 nitrogen and oxygen atoms in total. The molecule has 2 aromatic carbocycles. The first-order chi connectivity index (χ1) is 13.1. The van der Waals surface area contributed by atoms with Crippen molar-refractivity contribution in [2.24, 2.45) is 11.8 Å². The Morgan fingerprint density at radius 1 is 0.963 bits per heavy atom. The Morgan fingerprint density at radius 2 is 1.56 bits per heavy atom. The van der Waals surface area contributed by atoms with Gasteiger partial charge in [0.25, 0.3) is 0 Å². The van der Waals surface area contributed by atoms with Crippen LogP contribution in [0.2, 0.25) is 0 Å². The largest absolute Gasteiger partial charge is 0.497 e. The van der Waals surface area contributed by atoms with E-state index in [-0.39, 0.29) is 11.9 Å². The van der Waals surface area contributed by atoms with Crippen LogP contribution in [-0.2, 0) is 9.59 Å². The van der Waals surface area contributed by atoms with Crippen LogP contribution in [0.3, 0.4) is 0 Å². The Morgan fingerprint density at radius 3 is 2.15 bits per heavy atom. The van der Waals surface area contributed by atoms with Crippen LogP contribution in [0.5, 0.6) is 5.75 Å². The number of rotatable bonds is 6. The first-order valence-corrected chi connectivity index (χ1v) is 8.97. The summed E-state index contributed by atoms with van der Waals surface area (Å²) in [4.78, 5) is 24.5. The normalized spacial score (nSPS) is 19.9. The Labute approximate surface area is 158 Å². The van der Waals surface area contributed by atoms with E-state index in [4.69, 9.17) is 4.74 Å². The summed E-state index contributed by atoms with van der Waals surface area (Å²) in [6.45, 7) is 0. The molecular weight excluding hydrogens is 342 g/mol. The zero-order chi connectivity index (χ0) is 19.2. The third-order valence-electron chi connectivity index (χ3n) is 4.96. The van der Waals surface area contributed by atoms with Crippen molar-refractivity contribution >= 4 is 11.9 Å². The molecule has 0 unspecified atom stereocenters. The van der Waals surface area contributed by atoms with Gasteiger partial charge in [-0.15, -0.1) is 0 Å². The van der Waals surface area contributed by atoms with Gasteiger partial charge < -0.3 is 15.2 Å². The zero-order valence-electron chi connectivity index (χ0n) is 15.2. The van der Waals surface area contributed by atoms with Gasteiger partial charge in [-0.05, 0) is 36.1 Å². The number of hydrogen-bond acceptors (Lipinski definition) is 3. The minimum absolute atomic E-state index is 0.239. The maximum atomic E-state index is 13.0. The molecule has 0 spiro atoms. The monoisotopic (exact) mass is 365 g/mol. The number of carboxylic acids is 1. The number of allylic oxidation sites excluding steroid dienone is 2.